The Balaban J connectivity index is 0.000000547. The van der Waals surface area contributed by atoms with Crippen molar-refractivity contribution in [2.24, 2.45) is 0 Å². The first-order chi connectivity index (χ1) is 11.6. The van der Waals surface area contributed by atoms with Crippen molar-refractivity contribution in [1.82, 2.24) is 0 Å². The van der Waals surface area contributed by atoms with Gasteiger partial charge in [-0.25, -0.2) is 4.79 Å². The van der Waals surface area contributed by atoms with Gasteiger partial charge in [0.25, 0.3) is 7.82 Å². The fourth-order valence-electron chi connectivity index (χ4n) is 1.53. The van der Waals surface area contributed by atoms with Crippen LogP contribution in [0.5, 0.6) is 0 Å². The molecule has 0 aliphatic rings. The average molecular weight is 394 g/mol. The summed E-state index contributed by atoms with van der Waals surface area (Å²) in [5.74, 6) is -0.643. The van der Waals surface area contributed by atoms with E-state index >= 15 is 0 Å². The summed E-state index contributed by atoms with van der Waals surface area (Å²) in [5.41, 5.74) is 0.849. The van der Waals surface area contributed by atoms with Crippen LogP contribution >= 0.6 is 19.4 Å². The highest BCUT2D eigenvalue weighted by atomic mass is 35.5. The van der Waals surface area contributed by atoms with Crippen LogP contribution in [-0.4, -0.2) is 24.3 Å². The van der Waals surface area contributed by atoms with Crippen LogP contribution in [0.15, 0.2) is 36.1 Å². The first-order valence-electron chi connectivity index (χ1n) is 7.54. The van der Waals surface area contributed by atoms with Crippen molar-refractivity contribution in [2.75, 3.05) is 13.2 Å². The minimum absolute atomic E-state index is 0.0756. The summed E-state index contributed by atoms with van der Waals surface area (Å²) >= 11 is 5.74. The Morgan fingerprint density at radius 1 is 1.28 bits per heavy atom. The third kappa shape index (κ3) is 11.8. The second-order valence-corrected chi connectivity index (χ2v) is 6.55. The number of hydrogen-bond donors (Lipinski definition) is 1. The highest BCUT2D eigenvalue weighted by Gasteiger charge is 2.09. The molecule has 1 N–H and O–H groups in total. The number of aliphatic hydroxyl groups excluding tert-OH is 1. The maximum absolute atomic E-state index is 11.2. The normalized spacial score (nSPS) is 12.8. The zero-order valence-electron chi connectivity index (χ0n) is 14.6. The molecule has 0 saturated heterocycles. The third-order valence-corrected chi connectivity index (χ3v) is 3.93. The van der Waals surface area contributed by atoms with Gasteiger partial charge in [-0.2, -0.15) is 0 Å². The van der Waals surface area contributed by atoms with E-state index in [9.17, 15) is 14.3 Å². The smallest absolute Gasteiger partial charge is 0.334 e. The fraction of sp³-hybridized carbons (Fsp3) is 0.438. The lowest BCUT2D eigenvalue weighted by molar-refractivity contribution is -0.224. The molecule has 1 atom stereocenters. The van der Waals surface area contributed by atoms with Crippen LogP contribution in [0.4, 0.5) is 0 Å². The Bertz CT molecular complexity index is 587. The van der Waals surface area contributed by atoms with Crippen molar-refractivity contribution >= 4 is 25.4 Å². The van der Waals surface area contributed by atoms with Gasteiger partial charge in [0, 0.05) is 5.02 Å². The molecule has 7 nitrogen and oxygen atoms in total. The lowest BCUT2D eigenvalue weighted by Gasteiger charge is -2.20. The summed E-state index contributed by atoms with van der Waals surface area (Å²) in [6, 6.07) is 7.04. The van der Waals surface area contributed by atoms with Crippen LogP contribution in [0.25, 0.3) is 0 Å². The van der Waals surface area contributed by atoms with Gasteiger partial charge in [-0.15, -0.1) is 0 Å². The van der Waals surface area contributed by atoms with Crippen LogP contribution in [0, 0.1) is 0 Å². The van der Waals surface area contributed by atoms with Crippen LogP contribution in [-0.2, 0) is 23.1 Å². The number of carbonyl (C=O) groups is 1. The minimum Gasteiger partial charge on any atom is -0.756 e. The molecule has 0 fully saturated rings. The lowest BCUT2D eigenvalue weighted by atomic mass is 10.1. The number of halogens is 1. The minimum atomic E-state index is -3.94. The number of aliphatic hydroxyl groups is 1. The maximum atomic E-state index is 11.2. The molecule has 0 aliphatic heterocycles. The molecule has 1 rings (SSSR count). The number of benzene rings is 1. The monoisotopic (exact) mass is 393 g/mol. The van der Waals surface area contributed by atoms with E-state index in [-0.39, 0.29) is 25.1 Å². The summed E-state index contributed by atoms with van der Waals surface area (Å²) < 4.78 is 24.0. The second-order valence-electron chi connectivity index (χ2n) is 4.70. The first-order valence-corrected chi connectivity index (χ1v) is 9.38. The summed E-state index contributed by atoms with van der Waals surface area (Å²) in [4.78, 5) is 21.6. The summed E-state index contributed by atoms with van der Waals surface area (Å²) in [6.07, 6.45) is 0.659. The highest BCUT2D eigenvalue weighted by molar-refractivity contribution is 7.45. The van der Waals surface area contributed by atoms with E-state index in [1.807, 2.05) is 0 Å². The molecule has 0 aromatic heterocycles. The van der Waals surface area contributed by atoms with Crippen LogP contribution in [0.1, 0.15) is 39.4 Å². The molecule has 1 unspecified atom stereocenters. The molecule has 0 amide bonds. The molecule has 0 aliphatic carbocycles. The van der Waals surface area contributed by atoms with E-state index in [2.05, 4.69) is 9.05 Å². The molecule has 1 aromatic carbocycles. The predicted octanol–water partition coefficient (Wildman–Crippen LogP) is 3.93. The molecule has 0 radical (unpaired) electrons. The largest absolute Gasteiger partial charge is 0.756 e. The van der Waals surface area contributed by atoms with Gasteiger partial charge in [-0.3, -0.25) is 4.57 Å². The molecular weight excluding hydrogens is 371 g/mol. The van der Waals surface area contributed by atoms with Gasteiger partial charge in [-0.1, -0.05) is 23.7 Å². The predicted molar refractivity (Wildman–Crippen MR) is 93.2 cm³/mol. The third-order valence-electron chi connectivity index (χ3n) is 2.53. The van der Waals surface area contributed by atoms with E-state index in [4.69, 9.17) is 21.4 Å². The molecule has 25 heavy (non-hydrogen) atoms. The van der Waals surface area contributed by atoms with E-state index in [0.29, 0.717) is 5.02 Å². The van der Waals surface area contributed by atoms with E-state index < -0.39 is 13.8 Å². The number of rotatable bonds is 7. The van der Waals surface area contributed by atoms with Gasteiger partial charge in [0.2, 0.25) is 0 Å². The van der Waals surface area contributed by atoms with Crippen LogP contribution in [0.3, 0.4) is 0 Å². The standard InChI is InChI=1S/C12H13ClO3.C4H11O4P/c1-8(14)7-12(15)16-9(2)10-3-5-11(13)6-4-10;1-3-7-9(5,6)8-4-2/h3-7,9,14H,1-2H3;3-4H2,1-2H3,(H,5,6)/p-1/b8-7-;. The molecule has 0 heterocycles. The SMILES string of the molecule is C/C(O)=C/C(=O)OC(C)c1ccc(Cl)cc1.CCOP(=O)([O-])OCC. The zero-order valence-corrected chi connectivity index (χ0v) is 16.3. The van der Waals surface area contributed by atoms with Crippen molar-refractivity contribution < 1.29 is 33.1 Å². The topological polar surface area (TPSA) is 105 Å². The maximum Gasteiger partial charge on any atom is 0.334 e. The van der Waals surface area contributed by atoms with E-state index in [1.165, 1.54) is 6.92 Å². The summed E-state index contributed by atoms with van der Waals surface area (Å²) in [6.45, 7) is 6.59. The first kappa shape index (κ1) is 23.6. The Labute approximate surface area is 152 Å². The molecule has 0 spiro atoms. The van der Waals surface area contributed by atoms with Crippen molar-refractivity contribution in [2.45, 2.75) is 33.8 Å². The van der Waals surface area contributed by atoms with Gasteiger partial charge in [0.1, 0.15) is 6.10 Å². The molecule has 0 saturated carbocycles. The van der Waals surface area contributed by atoms with Crippen LogP contribution < -0.4 is 4.89 Å². The van der Waals surface area contributed by atoms with Gasteiger partial charge in [-0.05, 0) is 45.4 Å². The Morgan fingerprint density at radius 3 is 2.16 bits per heavy atom. The van der Waals surface area contributed by atoms with Crippen molar-refractivity contribution in [3.63, 3.8) is 0 Å². The zero-order chi connectivity index (χ0) is 19.5. The van der Waals surface area contributed by atoms with Crippen molar-refractivity contribution in [3.8, 4) is 0 Å². The number of phosphoric ester groups is 1. The van der Waals surface area contributed by atoms with Gasteiger partial charge in [0.15, 0.2) is 0 Å². The van der Waals surface area contributed by atoms with Crippen molar-refractivity contribution in [1.29, 1.82) is 0 Å². The van der Waals surface area contributed by atoms with E-state index in [1.54, 1.807) is 45.0 Å². The quantitative estimate of drug-likeness (QED) is 0.324. The summed E-state index contributed by atoms with van der Waals surface area (Å²) in [5, 5.41) is 9.52. The van der Waals surface area contributed by atoms with Gasteiger partial charge < -0.3 is 23.8 Å². The lowest BCUT2D eigenvalue weighted by Crippen LogP contribution is -2.07. The molecule has 1 aromatic rings. The number of hydrogen-bond acceptors (Lipinski definition) is 7. The fourth-order valence-corrected chi connectivity index (χ4v) is 2.37. The average Bonchev–Trinajstić information content (AvgIpc) is 2.47. The molecular formula is C16H23ClO7P-. The number of carbonyl (C=O) groups excluding carboxylic acids is 1. The molecule has 9 heteroatoms. The number of ether oxygens (including phenoxy) is 1. The van der Waals surface area contributed by atoms with Gasteiger partial charge in [0.05, 0.1) is 25.0 Å². The molecule has 0 bridgehead atoms. The second kappa shape index (κ2) is 12.1. The van der Waals surface area contributed by atoms with Crippen molar-refractivity contribution in [3.05, 3.63) is 46.7 Å². The number of phosphoric acid groups is 1. The Morgan fingerprint density at radius 2 is 1.76 bits per heavy atom. The molecule has 142 valence electrons. The van der Waals surface area contributed by atoms with E-state index in [0.717, 1.165) is 11.6 Å². The number of esters is 1. The Hall–Kier alpha value is -1.37. The van der Waals surface area contributed by atoms with Crippen LogP contribution in [0.2, 0.25) is 5.02 Å². The highest BCUT2D eigenvalue weighted by Crippen LogP contribution is 2.37. The Kier molecular flexibility index (Phi) is 11.4. The summed E-state index contributed by atoms with van der Waals surface area (Å²) in [7, 11) is -3.94. The van der Waals surface area contributed by atoms with Gasteiger partial charge >= 0.3 is 5.97 Å². The number of allylic oxidation sites excluding steroid dienone is 1.